The van der Waals surface area contributed by atoms with Crippen LogP contribution in [0, 0.1) is 6.92 Å². The Morgan fingerprint density at radius 2 is 2.11 bits per heavy atom. The lowest BCUT2D eigenvalue weighted by atomic mass is 10.0. The highest BCUT2D eigenvalue weighted by Crippen LogP contribution is 2.31. The first-order valence-electron chi connectivity index (χ1n) is 5.72. The van der Waals surface area contributed by atoms with Crippen LogP contribution in [0.15, 0.2) is 39.4 Å². The fraction of sp³-hybridized carbons (Fsp3) is 0.286. The molecule has 0 aliphatic rings. The van der Waals surface area contributed by atoms with Crippen LogP contribution < -0.4 is 10.1 Å². The van der Waals surface area contributed by atoms with Gasteiger partial charge in [-0.05, 0) is 53.2 Å². The van der Waals surface area contributed by atoms with Crippen molar-refractivity contribution in [1.82, 2.24) is 5.32 Å². The van der Waals surface area contributed by atoms with Crippen molar-refractivity contribution in [1.29, 1.82) is 0 Å². The van der Waals surface area contributed by atoms with E-state index >= 15 is 0 Å². The zero-order chi connectivity index (χ0) is 13.1. The molecule has 0 aliphatic heterocycles. The Bertz CT molecular complexity index is 536. The Balaban J connectivity index is 2.42. The summed E-state index contributed by atoms with van der Waals surface area (Å²) in [5, 5.41) is 3.25. The van der Waals surface area contributed by atoms with Crippen LogP contribution in [0.3, 0.4) is 0 Å². The quantitative estimate of drug-likeness (QED) is 0.935. The molecule has 1 aromatic heterocycles. The Hall–Kier alpha value is -1.26. The summed E-state index contributed by atoms with van der Waals surface area (Å²) in [5.41, 5.74) is 2.23. The standard InChI is InChI=1S/C14H16BrNO2/c1-9-4-5-10(8-12(9)17-3)13(16-2)14-11(15)6-7-18-14/h4-8,13,16H,1-3H3. The molecule has 2 aromatic rings. The van der Waals surface area contributed by atoms with Crippen molar-refractivity contribution in [3.8, 4) is 5.75 Å². The minimum absolute atomic E-state index is 0.00359. The summed E-state index contributed by atoms with van der Waals surface area (Å²) < 4.78 is 11.8. The molecule has 0 saturated heterocycles. The first-order valence-corrected chi connectivity index (χ1v) is 6.51. The van der Waals surface area contributed by atoms with Crippen LogP contribution >= 0.6 is 15.9 Å². The van der Waals surface area contributed by atoms with Crippen LogP contribution in [-0.2, 0) is 0 Å². The van der Waals surface area contributed by atoms with Gasteiger partial charge in [0.25, 0.3) is 0 Å². The van der Waals surface area contributed by atoms with Gasteiger partial charge in [-0.1, -0.05) is 12.1 Å². The summed E-state index contributed by atoms with van der Waals surface area (Å²) in [7, 11) is 3.59. The monoisotopic (exact) mass is 309 g/mol. The van der Waals surface area contributed by atoms with Crippen molar-refractivity contribution in [2.45, 2.75) is 13.0 Å². The van der Waals surface area contributed by atoms with E-state index in [1.54, 1.807) is 13.4 Å². The van der Waals surface area contributed by atoms with Crippen LogP contribution in [0.5, 0.6) is 5.75 Å². The zero-order valence-corrected chi connectivity index (χ0v) is 12.2. The highest BCUT2D eigenvalue weighted by atomic mass is 79.9. The third-order valence-electron chi connectivity index (χ3n) is 2.96. The highest BCUT2D eigenvalue weighted by molar-refractivity contribution is 9.10. The number of hydrogen-bond acceptors (Lipinski definition) is 3. The predicted octanol–water partition coefficient (Wildman–Crippen LogP) is 3.67. The molecule has 0 amide bonds. The molecule has 4 heteroatoms. The highest BCUT2D eigenvalue weighted by Gasteiger charge is 2.19. The summed E-state index contributed by atoms with van der Waals surface area (Å²) in [6.07, 6.45) is 1.68. The Kier molecular flexibility index (Phi) is 4.09. The van der Waals surface area contributed by atoms with Gasteiger partial charge in [0.15, 0.2) is 0 Å². The zero-order valence-electron chi connectivity index (χ0n) is 10.7. The smallest absolute Gasteiger partial charge is 0.139 e. The molecule has 3 nitrogen and oxygen atoms in total. The van der Waals surface area contributed by atoms with Gasteiger partial charge in [0.1, 0.15) is 11.5 Å². The molecular weight excluding hydrogens is 294 g/mol. The summed E-state index contributed by atoms with van der Waals surface area (Å²) in [6, 6.07) is 8.06. The maximum atomic E-state index is 5.53. The van der Waals surface area contributed by atoms with Crippen LogP contribution in [-0.4, -0.2) is 14.2 Å². The lowest BCUT2D eigenvalue weighted by Gasteiger charge is -2.16. The van der Waals surface area contributed by atoms with E-state index in [1.807, 2.05) is 26.1 Å². The van der Waals surface area contributed by atoms with Crippen molar-refractivity contribution in [2.24, 2.45) is 0 Å². The van der Waals surface area contributed by atoms with E-state index < -0.39 is 0 Å². The van der Waals surface area contributed by atoms with Gasteiger partial charge in [-0.25, -0.2) is 0 Å². The summed E-state index contributed by atoms with van der Waals surface area (Å²) in [5.74, 6) is 1.75. The molecule has 96 valence electrons. The molecule has 18 heavy (non-hydrogen) atoms. The van der Waals surface area contributed by atoms with E-state index in [0.717, 1.165) is 27.1 Å². The normalized spacial score (nSPS) is 12.4. The summed E-state index contributed by atoms with van der Waals surface area (Å²) in [4.78, 5) is 0. The number of benzene rings is 1. The molecule has 2 rings (SSSR count). The third-order valence-corrected chi connectivity index (χ3v) is 3.62. The van der Waals surface area contributed by atoms with E-state index in [0.29, 0.717) is 0 Å². The van der Waals surface area contributed by atoms with Gasteiger partial charge in [0.2, 0.25) is 0 Å². The molecule has 1 aromatic carbocycles. The van der Waals surface area contributed by atoms with E-state index in [4.69, 9.17) is 9.15 Å². The van der Waals surface area contributed by atoms with Gasteiger partial charge in [0.05, 0.1) is 23.9 Å². The molecule has 1 unspecified atom stereocenters. The molecule has 0 spiro atoms. The Morgan fingerprint density at radius 3 is 2.67 bits per heavy atom. The maximum Gasteiger partial charge on any atom is 0.139 e. The van der Waals surface area contributed by atoms with Crippen molar-refractivity contribution < 1.29 is 9.15 Å². The molecule has 0 aliphatic carbocycles. The lowest BCUT2D eigenvalue weighted by molar-refractivity contribution is 0.409. The molecule has 1 N–H and O–H groups in total. The Labute approximate surface area is 115 Å². The van der Waals surface area contributed by atoms with Gasteiger partial charge in [0, 0.05) is 0 Å². The van der Waals surface area contributed by atoms with Crippen molar-refractivity contribution in [2.75, 3.05) is 14.2 Å². The molecule has 1 atom stereocenters. The number of halogens is 1. The second-order valence-electron chi connectivity index (χ2n) is 4.08. The number of nitrogens with one attached hydrogen (secondary N) is 1. The number of rotatable bonds is 4. The minimum Gasteiger partial charge on any atom is -0.496 e. The first-order chi connectivity index (χ1) is 8.67. The summed E-state index contributed by atoms with van der Waals surface area (Å²) >= 11 is 3.49. The van der Waals surface area contributed by atoms with Crippen LogP contribution in [0.2, 0.25) is 0 Å². The minimum atomic E-state index is 0.00359. The van der Waals surface area contributed by atoms with Gasteiger partial charge in [-0.3, -0.25) is 0 Å². The van der Waals surface area contributed by atoms with Crippen molar-refractivity contribution in [3.05, 3.63) is 51.9 Å². The summed E-state index contributed by atoms with van der Waals surface area (Å²) in [6.45, 7) is 2.03. The molecule has 0 radical (unpaired) electrons. The second kappa shape index (κ2) is 5.59. The number of hydrogen-bond donors (Lipinski definition) is 1. The van der Waals surface area contributed by atoms with Crippen molar-refractivity contribution >= 4 is 15.9 Å². The second-order valence-corrected chi connectivity index (χ2v) is 4.94. The molecular formula is C14H16BrNO2. The average Bonchev–Trinajstić information content (AvgIpc) is 2.79. The van der Waals surface area contributed by atoms with E-state index in [1.165, 1.54) is 0 Å². The fourth-order valence-electron chi connectivity index (χ4n) is 1.98. The maximum absolute atomic E-state index is 5.53. The predicted molar refractivity (Wildman–Crippen MR) is 75.0 cm³/mol. The topological polar surface area (TPSA) is 34.4 Å². The molecule has 0 fully saturated rings. The van der Waals surface area contributed by atoms with Gasteiger partial charge >= 0.3 is 0 Å². The van der Waals surface area contributed by atoms with E-state index in [-0.39, 0.29) is 6.04 Å². The van der Waals surface area contributed by atoms with E-state index in [9.17, 15) is 0 Å². The average molecular weight is 310 g/mol. The largest absolute Gasteiger partial charge is 0.496 e. The SMILES string of the molecule is CNC(c1ccc(C)c(OC)c1)c1occc1Br. The lowest BCUT2D eigenvalue weighted by Crippen LogP contribution is -2.17. The molecule has 0 bridgehead atoms. The number of aryl methyl sites for hydroxylation is 1. The molecule has 1 heterocycles. The number of methoxy groups -OCH3 is 1. The Morgan fingerprint density at radius 1 is 1.33 bits per heavy atom. The van der Waals surface area contributed by atoms with Crippen LogP contribution in [0.4, 0.5) is 0 Å². The first kappa shape index (κ1) is 13.2. The van der Waals surface area contributed by atoms with Gasteiger partial charge in [-0.15, -0.1) is 0 Å². The van der Waals surface area contributed by atoms with E-state index in [2.05, 4.69) is 33.4 Å². The molecule has 0 saturated carbocycles. The number of ether oxygens (including phenoxy) is 1. The van der Waals surface area contributed by atoms with Crippen LogP contribution in [0.25, 0.3) is 0 Å². The number of furan rings is 1. The van der Waals surface area contributed by atoms with Crippen molar-refractivity contribution in [3.63, 3.8) is 0 Å². The van der Waals surface area contributed by atoms with Gasteiger partial charge < -0.3 is 14.5 Å². The van der Waals surface area contributed by atoms with Gasteiger partial charge in [-0.2, -0.15) is 0 Å². The fourth-order valence-corrected chi connectivity index (χ4v) is 2.41. The third kappa shape index (κ3) is 2.44. The van der Waals surface area contributed by atoms with Crippen LogP contribution in [0.1, 0.15) is 22.9 Å².